The van der Waals surface area contributed by atoms with Crippen LogP contribution in [0.3, 0.4) is 0 Å². The summed E-state index contributed by atoms with van der Waals surface area (Å²) in [6.45, 7) is 6.62. The van der Waals surface area contributed by atoms with Crippen LogP contribution in [-0.4, -0.2) is 69.4 Å². The van der Waals surface area contributed by atoms with Crippen molar-refractivity contribution in [3.05, 3.63) is 122 Å². The molecule has 0 aliphatic carbocycles. The number of hydrogen-bond donors (Lipinski definition) is 1. The highest BCUT2D eigenvalue weighted by molar-refractivity contribution is 7.45. The largest absolute Gasteiger partial charge is 0.756 e. The molecule has 1 amide bonds. The summed E-state index contributed by atoms with van der Waals surface area (Å²) in [7, 11) is 1.13. The zero-order valence-corrected chi connectivity index (χ0v) is 51.0. The molecule has 0 aromatic heterocycles. The number of allylic oxidation sites excluding steroid dienone is 19. The van der Waals surface area contributed by atoms with Crippen molar-refractivity contribution in [1.29, 1.82) is 0 Å². The van der Waals surface area contributed by atoms with Crippen LogP contribution in [0.4, 0.5) is 0 Å². The lowest BCUT2D eigenvalue weighted by Gasteiger charge is -2.30. The fourth-order valence-electron chi connectivity index (χ4n) is 8.27. The molecule has 440 valence electrons. The third-order valence-electron chi connectivity index (χ3n) is 13.0. The molecular weight excluding hydrogens is 976 g/mol. The van der Waals surface area contributed by atoms with Crippen LogP contribution < -0.4 is 10.2 Å². The van der Waals surface area contributed by atoms with Gasteiger partial charge in [-0.2, -0.15) is 0 Å². The molecule has 0 spiro atoms. The Morgan fingerprint density at radius 2 is 0.883 bits per heavy atom. The third kappa shape index (κ3) is 56.9. The minimum Gasteiger partial charge on any atom is -0.756 e. The van der Waals surface area contributed by atoms with E-state index in [2.05, 4.69) is 74.7 Å². The summed E-state index contributed by atoms with van der Waals surface area (Å²) in [5.41, 5.74) is 0. The van der Waals surface area contributed by atoms with E-state index in [1.165, 1.54) is 109 Å². The van der Waals surface area contributed by atoms with Crippen molar-refractivity contribution >= 4 is 19.7 Å². The number of carbonyl (C=O) groups is 2. The first kappa shape index (κ1) is 73.4. The molecule has 0 aromatic rings. The second kappa shape index (κ2) is 55.7. The molecule has 77 heavy (non-hydrogen) atoms. The lowest BCUT2D eigenvalue weighted by molar-refractivity contribution is -0.870. The molecule has 0 saturated carbocycles. The summed E-state index contributed by atoms with van der Waals surface area (Å²) in [6, 6.07) is -0.920. The van der Waals surface area contributed by atoms with E-state index in [1.54, 1.807) is 0 Å². The molecule has 0 aliphatic rings. The number of likely N-dealkylation sites (N-methyl/N-ethyl adjacent to an activating group) is 1. The minimum atomic E-state index is -4.72. The Morgan fingerprint density at radius 1 is 0.481 bits per heavy atom. The van der Waals surface area contributed by atoms with Crippen LogP contribution in [0.25, 0.3) is 0 Å². The molecule has 0 bridgehead atoms. The van der Waals surface area contributed by atoms with E-state index in [0.29, 0.717) is 23.9 Å². The van der Waals surface area contributed by atoms with E-state index in [0.717, 1.165) is 89.9 Å². The second-order valence-electron chi connectivity index (χ2n) is 21.6. The highest BCUT2D eigenvalue weighted by atomic mass is 31.2. The first-order valence-corrected chi connectivity index (χ1v) is 32.4. The van der Waals surface area contributed by atoms with Crippen molar-refractivity contribution in [2.75, 3.05) is 40.9 Å². The Labute approximate surface area is 473 Å². The normalized spacial score (nSPS) is 14.5. The van der Waals surface area contributed by atoms with Crippen LogP contribution in [0, 0.1) is 0 Å². The highest BCUT2D eigenvalue weighted by Crippen LogP contribution is 2.38. The van der Waals surface area contributed by atoms with Crippen LogP contribution in [-0.2, 0) is 27.9 Å². The molecule has 0 radical (unpaired) electrons. The number of esters is 1. The van der Waals surface area contributed by atoms with Crippen molar-refractivity contribution < 1.29 is 37.3 Å². The molecule has 0 aliphatic heterocycles. The number of nitrogens with one attached hydrogen (secondary N) is 1. The standard InChI is InChI=1S/C67H115N2O7P/c1-7-10-13-16-19-22-25-28-30-32-33-34-35-37-38-41-44-47-50-53-56-59-66(70)68-64(63-75-77(72,73)74-62-61-69(4,5)6)65(58-55-52-49-46-43-40-27-24-21-18-15-12-9-3)76-67(71)60-57-54-51-48-45-42-39-36-31-29-26-23-20-17-14-11-8-2/h11,14,17,19-20,22-23,26,28-31,33-34,36,39,42,45,55,58,64-65H,7-10,12-13,15-16,18,21,24-25,27,32,35,37-38,40-41,43-44,46-54,56-57,59-63H2,1-6H3,(H-,68,70,72,73)/b14-11-,20-17+,22-19-,26-23+,30-28-,31-29-,34-33-,39-36+,45-42+,58-55-. The van der Waals surface area contributed by atoms with Gasteiger partial charge in [0.05, 0.1) is 33.8 Å². The number of hydrogen-bond acceptors (Lipinski definition) is 7. The lowest BCUT2D eigenvalue weighted by atomic mass is 10.0. The molecule has 0 heterocycles. The molecule has 3 atom stereocenters. The fourth-order valence-corrected chi connectivity index (χ4v) is 8.99. The van der Waals surface area contributed by atoms with Crippen molar-refractivity contribution in [2.24, 2.45) is 0 Å². The van der Waals surface area contributed by atoms with Gasteiger partial charge in [0, 0.05) is 12.8 Å². The SMILES string of the molecule is CC\C=C/C=C/C=C/C=C\C=C\C=C\CCCCCC(=O)OC(/C=C\CCCCCCCCCCCCC)C(COP(=O)([O-])OCC[N+](C)(C)C)NC(=O)CCCCCCCCCC/C=C\C/C=C\C/C=C\CCCCC. The van der Waals surface area contributed by atoms with Crippen LogP contribution in [0.5, 0.6) is 0 Å². The lowest BCUT2D eigenvalue weighted by Crippen LogP contribution is -2.47. The Balaban J connectivity index is 5.38. The highest BCUT2D eigenvalue weighted by Gasteiger charge is 2.27. The third-order valence-corrected chi connectivity index (χ3v) is 14.0. The predicted octanol–water partition coefficient (Wildman–Crippen LogP) is 18.5. The van der Waals surface area contributed by atoms with E-state index in [9.17, 15) is 19.0 Å². The molecule has 0 aromatic carbocycles. The van der Waals surface area contributed by atoms with E-state index in [4.69, 9.17) is 13.8 Å². The average molecular weight is 1090 g/mol. The number of rotatable bonds is 54. The Kier molecular flexibility index (Phi) is 53.1. The topological polar surface area (TPSA) is 114 Å². The van der Waals surface area contributed by atoms with Gasteiger partial charge in [-0.15, -0.1) is 0 Å². The quantitative estimate of drug-likeness (QED) is 0.0161. The van der Waals surface area contributed by atoms with Gasteiger partial charge in [-0.05, 0) is 89.5 Å². The average Bonchev–Trinajstić information content (AvgIpc) is 3.39. The number of quaternary nitrogens is 1. The Hall–Kier alpha value is -3.59. The maximum Gasteiger partial charge on any atom is 0.306 e. The molecule has 0 saturated heterocycles. The Morgan fingerprint density at radius 3 is 1.40 bits per heavy atom. The van der Waals surface area contributed by atoms with E-state index >= 15 is 0 Å². The molecule has 10 heteroatoms. The summed E-state index contributed by atoms with van der Waals surface area (Å²) in [5.74, 6) is -0.607. The van der Waals surface area contributed by atoms with Gasteiger partial charge >= 0.3 is 5.97 Å². The summed E-state index contributed by atoms with van der Waals surface area (Å²) in [6.07, 6.45) is 77.3. The molecule has 0 rings (SSSR count). The van der Waals surface area contributed by atoms with Gasteiger partial charge in [0.2, 0.25) is 5.91 Å². The van der Waals surface area contributed by atoms with Crippen LogP contribution in [0.1, 0.15) is 239 Å². The molecule has 3 unspecified atom stereocenters. The number of unbranched alkanes of at least 4 members (excludes halogenated alkanes) is 25. The zero-order valence-electron chi connectivity index (χ0n) is 50.1. The zero-order chi connectivity index (χ0) is 56.4. The van der Waals surface area contributed by atoms with E-state index in [-0.39, 0.29) is 24.9 Å². The smallest absolute Gasteiger partial charge is 0.306 e. The van der Waals surface area contributed by atoms with Gasteiger partial charge in [0.25, 0.3) is 7.82 Å². The number of amides is 1. The Bertz CT molecular complexity index is 1730. The summed E-state index contributed by atoms with van der Waals surface area (Å²) >= 11 is 0. The number of nitrogens with zero attached hydrogens (tertiary/aromatic N) is 1. The van der Waals surface area contributed by atoms with Crippen LogP contribution >= 0.6 is 7.82 Å². The van der Waals surface area contributed by atoms with Crippen LogP contribution in [0.2, 0.25) is 0 Å². The number of phosphoric acid groups is 1. The number of carbonyl (C=O) groups excluding carboxylic acids is 2. The molecular formula is C67H115N2O7P. The first-order chi connectivity index (χ1) is 37.4. The predicted molar refractivity (Wildman–Crippen MR) is 330 cm³/mol. The van der Waals surface area contributed by atoms with Gasteiger partial charge in [0.15, 0.2) is 0 Å². The maximum atomic E-state index is 13.5. The van der Waals surface area contributed by atoms with Gasteiger partial charge < -0.3 is 28.5 Å². The van der Waals surface area contributed by atoms with Crippen molar-refractivity contribution in [3.63, 3.8) is 0 Å². The van der Waals surface area contributed by atoms with Gasteiger partial charge in [-0.3, -0.25) is 14.2 Å². The molecule has 1 N–H and O–H groups in total. The van der Waals surface area contributed by atoms with Crippen molar-refractivity contribution in [3.8, 4) is 0 Å². The monoisotopic (exact) mass is 1090 g/mol. The molecule has 9 nitrogen and oxygen atoms in total. The maximum absolute atomic E-state index is 13.5. The summed E-state index contributed by atoms with van der Waals surface area (Å²) in [5, 5.41) is 3.01. The number of phosphoric ester groups is 1. The second-order valence-corrected chi connectivity index (χ2v) is 23.0. The number of ether oxygens (including phenoxy) is 1. The summed E-state index contributed by atoms with van der Waals surface area (Å²) < 4.78 is 30.3. The molecule has 0 fully saturated rings. The van der Waals surface area contributed by atoms with Gasteiger partial charge in [-0.25, -0.2) is 0 Å². The van der Waals surface area contributed by atoms with E-state index in [1.807, 2.05) is 94.1 Å². The minimum absolute atomic E-state index is 0.0382. The van der Waals surface area contributed by atoms with Crippen LogP contribution in [0.15, 0.2) is 122 Å². The first-order valence-electron chi connectivity index (χ1n) is 30.9. The van der Waals surface area contributed by atoms with Gasteiger partial charge in [-0.1, -0.05) is 258 Å². The summed E-state index contributed by atoms with van der Waals surface area (Å²) in [4.78, 5) is 40.0. The van der Waals surface area contributed by atoms with E-state index < -0.39 is 26.6 Å². The van der Waals surface area contributed by atoms with Crippen molar-refractivity contribution in [2.45, 2.75) is 251 Å². The van der Waals surface area contributed by atoms with Crippen molar-refractivity contribution in [1.82, 2.24) is 5.32 Å². The van der Waals surface area contributed by atoms with Gasteiger partial charge in [0.1, 0.15) is 19.3 Å². The fraction of sp³-hybridized carbons (Fsp3) is 0.672.